The summed E-state index contributed by atoms with van der Waals surface area (Å²) in [6.45, 7) is 3.75. The van der Waals surface area contributed by atoms with Gasteiger partial charge in [0.15, 0.2) is 0 Å². The molecule has 5 heteroatoms. The highest BCUT2D eigenvalue weighted by atomic mass is 19.1. The number of rotatable bonds is 5. The van der Waals surface area contributed by atoms with Crippen molar-refractivity contribution in [2.45, 2.75) is 38.3 Å². The van der Waals surface area contributed by atoms with Gasteiger partial charge in [-0.25, -0.2) is 9.18 Å². The van der Waals surface area contributed by atoms with Gasteiger partial charge in [0.05, 0.1) is 12.8 Å². The Bertz CT molecular complexity index is 448. The summed E-state index contributed by atoms with van der Waals surface area (Å²) in [4.78, 5) is 15.9. The van der Waals surface area contributed by atoms with Gasteiger partial charge in [0.1, 0.15) is 11.4 Å². The van der Waals surface area contributed by atoms with Gasteiger partial charge in [-0.2, -0.15) is 0 Å². The normalized spacial score (nSPS) is 18.2. The summed E-state index contributed by atoms with van der Waals surface area (Å²) in [7, 11) is 0. The number of nitrogens with one attached hydrogen (secondary N) is 1. The minimum atomic E-state index is -1.04. The van der Waals surface area contributed by atoms with Crippen molar-refractivity contribution in [3.63, 3.8) is 0 Å². The van der Waals surface area contributed by atoms with Crippen molar-refractivity contribution in [2.75, 3.05) is 6.61 Å². The zero-order valence-corrected chi connectivity index (χ0v) is 10.6. The van der Waals surface area contributed by atoms with E-state index >= 15 is 0 Å². The molecular formula is C13H17FN2O2. The summed E-state index contributed by atoms with van der Waals surface area (Å²) in [6, 6.07) is 1.61. The molecule has 1 aliphatic rings. The van der Waals surface area contributed by atoms with Crippen molar-refractivity contribution in [2.24, 2.45) is 0 Å². The molecule has 1 aromatic heterocycles. The molecule has 0 amide bonds. The molecule has 0 aromatic carbocycles. The maximum Gasteiger partial charge on any atom is 0.330 e. The van der Waals surface area contributed by atoms with E-state index in [0.29, 0.717) is 18.2 Å². The van der Waals surface area contributed by atoms with Gasteiger partial charge in [0.2, 0.25) is 0 Å². The van der Waals surface area contributed by atoms with Gasteiger partial charge in [0, 0.05) is 17.8 Å². The second-order valence-electron chi connectivity index (χ2n) is 4.66. The molecule has 0 radical (unpaired) electrons. The molecule has 1 saturated carbocycles. The number of carbonyl (C=O) groups excluding carboxylic acids is 1. The van der Waals surface area contributed by atoms with E-state index in [9.17, 15) is 9.18 Å². The van der Waals surface area contributed by atoms with Crippen LogP contribution in [0.4, 0.5) is 4.39 Å². The van der Waals surface area contributed by atoms with Gasteiger partial charge in [-0.05, 0) is 32.8 Å². The maximum atomic E-state index is 13.3. The molecule has 1 fully saturated rings. The number of esters is 1. The van der Waals surface area contributed by atoms with Crippen molar-refractivity contribution in [1.82, 2.24) is 10.3 Å². The Balaban J connectivity index is 2.30. The Kier molecular flexibility index (Phi) is 3.61. The van der Waals surface area contributed by atoms with E-state index in [1.165, 1.54) is 12.3 Å². The van der Waals surface area contributed by atoms with Crippen molar-refractivity contribution >= 4 is 5.97 Å². The molecule has 4 nitrogen and oxygen atoms in total. The number of aromatic nitrogens is 1. The third-order valence-electron chi connectivity index (χ3n) is 3.04. The summed E-state index contributed by atoms with van der Waals surface area (Å²) in [5.74, 6) is -0.857. The fourth-order valence-corrected chi connectivity index (χ4v) is 1.86. The van der Waals surface area contributed by atoms with E-state index < -0.39 is 17.3 Å². The smallest absolute Gasteiger partial charge is 0.330 e. The highest BCUT2D eigenvalue weighted by molar-refractivity contribution is 5.82. The largest absolute Gasteiger partial charge is 0.464 e. The van der Waals surface area contributed by atoms with Crippen LogP contribution in [0.1, 0.15) is 32.3 Å². The Morgan fingerprint density at radius 1 is 1.61 bits per heavy atom. The monoisotopic (exact) mass is 252 g/mol. The molecule has 1 aromatic rings. The lowest BCUT2D eigenvalue weighted by molar-refractivity contribution is -0.151. The van der Waals surface area contributed by atoms with Crippen LogP contribution in [0.2, 0.25) is 0 Å². The zero-order chi connectivity index (χ0) is 13.2. The first kappa shape index (κ1) is 13.0. The molecule has 1 N–H and O–H groups in total. The summed E-state index contributed by atoms with van der Waals surface area (Å²) in [5, 5.41) is 3.21. The van der Waals surface area contributed by atoms with E-state index in [1.807, 2.05) is 0 Å². The molecule has 0 spiro atoms. The van der Waals surface area contributed by atoms with Crippen molar-refractivity contribution in [3.05, 3.63) is 29.8 Å². The third-order valence-corrected chi connectivity index (χ3v) is 3.04. The van der Waals surface area contributed by atoms with Gasteiger partial charge < -0.3 is 4.74 Å². The highest BCUT2D eigenvalue weighted by Crippen LogP contribution is 2.29. The minimum absolute atomic E-state index is 0.294. The number of ether oxygens (including phenoxy) is 1. The van der Waals surface area contributed by atoms with Gasteiger partial charge >= 0.3 is 5.97 Å². The average molecular weight is 252 g/mol. The SMILES string of the molecule is CCOC(=O)C(C)(NC1CC1)c1cncc(F)c1. The second-order valence-corrected chi connectivity index (χ2v) is 4.66. The Morgan fingerprint density at radius 3 is 2.89 bits per heavy atom. The lowest BCUT2D eigenvalue weighted by Gasteiger charge is -2.28. The summed E-state index contributed by atoms with van der Waals surface area (Å²) in [5.41, 5.74) is -0.542. The molecule has 0 saturated heterocycles. The number of halogens is 1. The molecule has 18 heavy (non-hydrogen) atoms. The number of nitrogens with zero attached hydrogens (tertiary/aromatic N) is 1. The van der Waals surface area contributed by atoms with Crippen LogP contribution in [-0.2, 0) is 15.1 Å². The first-order chi connectivity index (χ1) is 8.56. The fraction of sp³-hybridized carbons (Fsp3) is 0.538. The molecule has 0 aliphatic heterocycles. The highest BCUT2D eigenvalue weighted by Gasteiger charge is 2.41. The summed E-state index contributed by atoms with van der Waals surface area (Å²) < 4.78 is 18.3. The van der Waals surface area contributed by atoms with Gasteiger partial charge in [0.25, 0.3) is 0 Å². The molecule has 1 aliphatic carbocycles. The van der Waals surface area contributed by atoms with Crippen molar-refractivity contribution in [3.8, 4) is 0 Å². The number of hydrogen-bond acceptors (Lipinski definition) is 4. The van der Waals surface area contributed by atoms with Crippen LogP contribution in [0.15, 0.2) is 18.5 Å². The van der Waals surface area contributed by atoms with Crippen molar-refractivity contribution in [1.29, 1.82) is 0 Å². The molecule has 1 unspecified atom stereocenters. The van der Waals surface area contributed by atoms with Crippen LogP contribution in [0.25, 0.3) is 0 Å². The van der Waals surface area contributed by atoms with E-state index in [-0.39, 0.29) is 0 Å². The Labute approximate surface area is 106 Å². The fourth-order valence-electron chi connectivity index (χ4n) is 1.86. The van der Waals surface area contributed by atoms with Crippen molar-refractivity contribution < 1.29 is 13.9 Å². The Morgan fingerprint density at radius 2 is 2.33 bits per heavy atom. The standard InChI is InChI=1S/C13H17FN2O2/c1-3-18-12(17)13(2,16-11-4-5-11)9-6-10(14)8-15-7-9/h6-8,11,16H,3-5H2,1-2H3. The molecule has 0 bridgehead atoms. The lowest BCUT2D eigenvalue weighted by atomic mass is 9.93. The van der Waals surface area contributed by atoms with Crippen LogP contribution < -0.4 is 5.32 Å². The zero-order valence-electron chi connectivity index (χ0n) is 10.6. The van der Waals surface area contributed by atoms with E-state index in [4.69, 9.17) is 4.74 Å². The van der Waals surface area contributed by atoms with E-state index in [2.05, 4.69) is 10.3 Å². The molecule has 98 valence electrons. The van der Waals surface area contributed by atoms with Gasteiger partial charge in [-0.3, -0.25) is 10.3 Å². The quantitative estimate of drug-likeness (QED) is 0.811. The van der Waals surface area contributed by atoms with Crippen LogP contribution in [0.3, 0.4) is 0 Å². The first-order valence-corrected chi connectivity index (χ1v) is 6.12. The van der Waals surface area contributed by atoms with E-state index in [1.54, 1.807) is 13.8 Å². The predicted molar refractivity (Wildman–Crippen MR) is 64.3 cm³/mol. The summed E-state index contributed by atoms with van der Waals surface area (Å²) >= 11 is 0. The van der Waals surface area contributed by atoms with Crippen LogP contribution in [0.5, 0.6) is 0 Å². The topological polar surface area (TPSA) is 51.2 Å². The van der Waals surface area contributed by atoms with Crippen LogP contribution in [0, 0.1) is 5.82 Å². The predicted octanol–water partition coefficient (Wildman–Crippen LogP) is 1.75. The molecule has 1 heterocycles. The Hall–Kier alpha value is -1.49. The lowest BCUT2D eigenvalue weighted by Crippen LogP contribution is -2.49. The van der Waals surface area contributed by atoms with Gasteiger partial charge in [-0.15, -0.1) is 0 Å². The molecular weight excluding hydrogens is 235 g/mol. The first-order valence-electron chi connectivity index (χ1n) is 6.12. The molecule has 2 rings (SSSR count). The number of hydrogen-bond donors (Lipinski definition) is 1. The minimum Gasteiger partial charge on any atom is -0.464 e. The van der Waals surface area contributed by atoms with Crippen LogP contribution in [-0.4, -0.2) is 23.6 Å². The summed E-state index contributed by atoms with van der Waals surface area (Å²) in [6.07, 6.45) is 4.66. The molecule has 1 atom stereocenters. The van der Waals surface area contributed by atoms with Crippen LogP contribution >= 0.6 is 0 Å². The number of carbonyl (C=O) groups is 1. The number of pyridine rings is 1. The second kappa shape index (κ2) is 5.02. The van der Waals surface area contributed by atoms with Gasteiger partial charge in [-0.1, -0.05) is 0 Å². The third kappa shape index (κ3) is 2.67. The van der Waals surface area contributed by atoms with E-state index in [0.717, 1.165) is 19.0 Å². The average Bonchev–Trinajstić information content (AvgIpc) is 3.13. The maximum absolute atomic E-state index is 13.3.